The summed E-state index contributed by atoms with van der Waals surface area (Å²) in [5, 5.41) is 12.4. The van der Waals surface area contributed by atoms with Gasteiger partial charge in [0, 0.05) is 16.8 Å². The molecule has 0 heterocycles. The Hall–Kier alpha value is -0.470. The van der Waals surface area contributed by atoms with Gasteiger partial charge in [-0.05, 0) is 27.7 Å². The van der Waals surface area contributed by atoms with Crippen LogP contribution >= 0.6 is 27.7 Å². The highest BCUT2D eigenvalue weighted by atomic mass is 79.9. The molecule has 0 aliphatic carbocycles. The van der Waals surface area contributed by atoms with Crippen molar-refractivity contribution < 1.29 is 24.2 Å². The van der Waals surface area contributed by atoms with Crippen LogP contribution in [0.4, 0.5) is 4.79 Å². The number of alkyl halides is 1. The zero-order valence-electron chi connectivity index (χ0n) is 12.8. The molecule has 0 aromatic carbocycles. The topological polar surface area (TPSA) is 84.9 Å². The van der Waals surface area contributed by atoms with Crippen LogP contribution in [-0.2, 0) is 14.3 Å². The lowest BCUT2D eigenvalue weighted by Crippen LogP contribution is -2.46. The Morgan fingerprint density at radius 2 is 1.95 bits per heavy atom. The Labute approximate surface area is 138 Å². The number of aliphatic hydroxyl groups excluding tert-OH is 1. The van der Waals surface area contributed by atoms with Gasteiger partial charge in [-0.1, -0.05) is 15.9 Å². The molecule has 0 aliphatic heterocycles. The molecule has 0 fully saturated rings. The van der Waals surface area contributed by atoms with E-state index in [1.165, 1.54) is 11.8 Å². The van der Waals surface area contributed by atoms with Crippen LogP contribution in [-0.4, -0.2) is 58.4 Å². The van der Waals surface area contributed by atoms with Crippen LogP contribution in [0.15, 0.2) is 0 Å². The number of hydrogen-bond acceptors (Lipinski definition) is 6. The van der Waals surface area contributed by atoms with E-state index in [0.717, 1.165) is 0 Å². The Morgan fingerprint density at radius 1 is 1.33 bits per heavy atom. The fraction of sp³-hybridized carbons (Fsp3) is 0.846. The maximum Gasteiger partial charge on any atom is 0.408 e. The lowest BCUT2D eigenvalue weighted by atomic mass is 10.2. The maximum atomic E-state index is 11.8. The third-order valence-corrected chi connectivity index (χ3v) is 3.97. The summed E-state index contributed by atoms with van der Waals surface area (Å²) in [4.78, 5) is 23.5. The van der Waals surface area contributed by atoms with Crippen LogP contribution < -0.4 is 5.32 Å². The number of carbonyl (C=O) groups excluding carboxylic acids is 2. The minimum absolute atomic E-state index is 0.236. The first-order valence-electron chi connectivity index (χ1n) is 6.67. The van der Waals surface area contributed by atoms with E-state index in [1.807, 2.05) is 0 Å². The van der Waals surface area contributed by atoms with E-state index in [-0.39, 0.29) is 6.61 Å². The highest BCUT2D eigenvalue weighted by Crippen LogP contribution is 2.10. The van der Waals surface area contributed by atoms with Gasteiger partial charge in [0.1, 0.15) is 11.6 Å². The number of alkyl carbamates (subject to hydrolysis) is 1. The van der Waals surface area contributed by atoms with E-state index in [4.69, 9.17) is 9.47 Å². The number of ether oxygens (including phenoxy) is 2. The molecule has 0 unspecified atom stereocenters. The van der Waals surface area contributed by atoms with Crippen molar-refractivity contribution in [3.05, 3.63) is 0 Å². The predicted molar refractivity (Wildman–Crippen MR) is 86.9 cm³/mol. The van der Waals surface area contributed by atoms with Crippen LogP contribution in [0.25, 0.3) is 0 Å². The SMILES string of the molecule is CCOC(=O)[C@H](CSC[C@@H](O)CBr)NC(=O)OC(C)(C)C. The van der Waals surface area contributed by atoms with Crippen molar-refractivity contribution in [2.24, 2.45) is 0 Å². The molecule has 0 bridgehead atoms. The summed E-state index contributed by atoms with van der Waals surface area (Å²) in [6, 6.07) is -0.799. The van der Waals surface area contributed by atoms with Gasteiger partial charge in [0.2, 0.25) is 0 Å². The van der Waals surface area contributed by atoms with Gasteiger partial charge in [-0.3, -0.25) is 0 Å². The molecular formula is C13H24BrNO5S. The first kappa shape index (κ1) is 20.5. The van der Waals surface area contributed by atoms with E-state index >= 15 is 0 Å². The molecule has 2 N–H and O–H groups in total. The molecule has 0 aromatic heterocycles. The highest BCUT2D eigenvalue weighted by Gasteiger charge is 2.25. The molecule has 0 spiro atoms. The summed E-state index contributed by atoms with van der Waals surface area (Å²) in [6.45, 7) is 7.16. The standard InChI is InChI=1S/C13H24BrNO5S/c1-5-19-11(17)10(8-21-7-9(16)6-14)15-12(18)20-13(2,3)4/h9-10,16H,5-8H2,1-4H3,(H,15,18)/t9-,10-/m0/s1. The van der Waals surface area contributed by atoms with Crippen molar-refractivity contribution in [3.63, 3.8) is 0 Å². The molecule has 0 rings (SSSR count). The van der Waals surface area contributed by atoms with Gasteiger partial charge in [0.25, 0.3) is 0 Å². The van der Waals surface area contributed by atoms with Gasteiger partial charge in [-0.15, -0.1) is 0 Å². The number of rotatable bonds is 8. The van der Waals surface area contributed by atoms with Crippen molar-refractivity contribution in [3.8, 4) is 0 Å². The Morgan fingerprint density at radius 3 is 2.43 bits per heavy atom. The minimum Gasteiger partial charge on any atom is -0.464 e. The maximum absolute atomic E-state index is 11.8. The van der Waals surface area contributed by atoms with Crippen LogP contribution in [0.2, 0.25) is 0 Å². The van der Waals surface area contributed by atoms with Crippen molar-refractivity contribution >= 4 is 39.8 Å². The highest BCUT2D eigenvalue weighted by molar-refractivity contribution is 9.09. The summed E-state index contributed by atoms with van der Waals surface area (Å²) in [5.41, 5.74) is -0.636. The zero-order valence-corrected chi connectivity index (χ0v) is 15.3. The zero-order chi connectivity index (χ0) is 16.5. The van der Waals surface area contributed by atoms with Gasteiger partial charge in [-0.25, -0.2) is 9.59 Å². The van der Waals surface area contributed by atoms with Crippen molar-refractivity contribution in [2.45, 2.75) is 45.4 Å². The normalized spacial score (nSPS) is 14.2. The van der Waals surface area contributed by atoms with E-state index < -0.39 is 29.8 Å². The molecule has 0 radical (unpaired) electrons. The molecule has 124 valence electrons. The van der Waals surface area contributed by atoms with E-state index in [0.29, 0.717) is 16.8 Å². The largest absolute Gasteiger partial charge is 0.464 e. The first-order valence-corrected chi connectivity index (χ1v) is 8.95. The second-order valence-corrected chi connectivity index (χ2v) is 7.02. The molecule has 0 aliphatic rings. The summed E-state index contributed by atoms with van der Waals surface area (Å²) < 4.78 is 10.0. The smallest absolute Gasteiger partial charge is 0.408 e. The molecular weight excluding hydrogens is 362 g/mol. The van der Waals surface area contributed by atoms with Crippen molar-refractivity contribution in [2.75, 3.05) is 23.4 Å². The fourth-order valence-electron chi connectivity index (χ4n) is 1.23. The third kappa shape index (κ3) is 10.8. The van der Waals surface area contributed by atoms with Gasteiger partial charge in [-0.2, -0.15) is 11.8 Å². The van der Waals surface area contributed by atoms with Crippen molar-refractivity contribution in [1.29, 1.82) is 0 Å². The molecule has 6 nitrogen and oxygen atoms in total. The average molecular weight is 386 g/mol. The number of nitrogens with one attached hydrogen (secondary N) is 1. The number of hydrogen-bond donors (Lipinski definition) is 2. The summed E-state index contributed by atoms with van der Waals surface area (Å²) in [5.74, 6) is 0.253. The molecule has 8 heteroatoms. The van der Waals surface area contributed by atoms with Gasteiger partial charge in [0.15, 0.2) is 0 Å². The number of carbonyl (C=O) groups is 2. The quantitative estimate of drug-likeness (QED) is 0.490. The molecule has 0 aromatic rings. The fourth-order valence-corrected chi connectivity index (χ4v) is 2.74. The molecule has 1 amide bonds. The number of aliphatic hydroxyl groups is 1. The Kier molecular flexibility index (Phi) is 10.1. The lowest BCUT2D eigenvalue weighted by Gasteiger charge is -2.22. The summed E-state index contributed by atoms with van der Waals surface area (Å²) >= 11 is 4.52. The number of halogens is 1. The molecule has 2 atom stereocenters. The Balaban J connectivity index is 4.45. The van der Waals surface area contributed by atoms with E-state index in [2.05, 4.69) is 21.2 Å². The minimum atomic E-state index is -0.799. The second-order valence-electron chi connectivity index (χ2n) is 5.30. The number of esters is 1. The second kappa shape index (κ2) is 10.3. The lowest BCUT2D eigenvalue weighted by molar-refractivity contribution is -0.145. The summed E-state index contributed by atoms with van der Waals surface area (Å²) in [6.07, 6.45) is -1.17. The van der Waals surface area contributed by atoms with Crippen LogP contribution in [0.5, 0.6) is 0 Å². The predicted octanol–water partition coefficient (Wildman–Crippen LogP) is 1.93. The molecule has 0 saturated carbocycles. The Bertz CT molecular complexity index is 335. The van der Waals surface area contributed by atoms with Crippen LogP contribution in [0, 0.1) is 0 Å². The van der Waals surface area contributed by atoms with Gasteiger partial charge >= 0.3 is 12.1 Å². The van der Waals surface area contributed by atoms with E-state index in [1.54, 1.807) is 27.7 Å². The van der Waals surface area contributed by atoms with E-state index in [9.17, 15) is 14.7 Å². The monoisotopic (exact) mass is 385 g/mol. The van der Waals surface area contributed by atoms with Crippen LogP contribution in [0.1, 0.15) is 27.7 Å². The first-order chi connectivity index (χ1) is 9.69. The molecule has 21 heavy (non-hydrogen) atoms. The van der Waals surface area contributed by atoms with Gasteiger partial charge < -0.3 is 19.9 Å². The number of thioether (sulfide) groups is 1. The number of amides is 1. The third-order valence-electron chi connectivity index (χ3n) is 2.03. The van der Waals surface area contributed by atoms with Gasteiger partial charge in [0.05, 0.1) is 12.7 Å². The van der Waals surface area contributed by atoms with Crippen LogP contribution in [0.3, 0.4) is 0 Å². The molecule has 0 saturated heterocycles. The summed E-state index contributed by atoms with van der Waals surface area (Å²) in [7, 11) is 0. The van der Waals surface area contributed by atoms with Crippen molar-refractivity contribution in [1.82, 2.24) is 5.32 Å². The average Bonchev–Trinajstić information content (AvgIpc) is 2.35.